The lowest BCUT2D eigenvalue weighted by molar-refractivity contribution is 0.177. The summed E-state index contributed by atoms with van der Waals surface area (Å²) in [5, 5.41) is 0. The highest BCUT2D eigenvalue weighted by Crippen LogP contribution is 2.35. The third kappa shape index (κ3) is 11.7. The molecule has 2 aromatic rings. The Morgan fingerprint density at radius 3 is 1.68 bits per heavy atom. The molecule has 0 spiro atoms. The molecule has 2 saturated carbocycles. The van der Waals surface area contributed by atoms with E-state index in [-0.39, 0.29) is 0 Å². The Bertz CT molecular complexity index is 924. The Balaban J connectivity index is 1.10. The molecule has 1 aromatic carbocycles. The molecule has 0 radical (unpaired) electrons. The molecular formula is C38H60N2O. The van der Waals surface area contributed by atoms with E-state index in [4.69, 9.17) is 14.7 Å². The van der Waals surface area contributed by atoms with Crippen LogP contribution in [0.4, 0.5) is 0 Å². The van der Waals surface area contributed by atoms with Gasteiger partial charge in [-0.05, 0) is 79.2 Å². The number of hydrogen-bond donors (Lipinski definition) is 0. The summed E-state index contributed by atoms with van der Waals surface area (Å²) in [6.45, 7) is 5.46. The first kappa shape index (κ1) is 32.0. The molecular weight excluding hydrogens is 500 g/mol. The molecule has 2 aliphatic carbocycles. The van der Waals surface area contributed by atoms with Crippen molar-refractivity contribution in [3.8, 4) is 17.1 Å². The van der Waals surface area contributed by atoms with Crippen LogP contribution in [0.5, 0.6) is 5.75 Å². The minimum Gasteiger partial charge on any atom is -0.493 e. The van der Waals surface area contributed by atoms with Gasteiger partial charge in [0.25, 0.3) is 0 Å². The van der Waals surface area contributed by atoms with Crippen molar-refractivity contribution in [2.75, 3.05) is 6.61 Å². The SMILES string of the molecule is CCCCCCCC[C@H]1CC[C@H](CCc2cnc(-c3ccc(OC[C@H]4CC[C@H](CCCCC)CC4)cc3)nc2)CC1. The van der Waals surface area contributed by atoms with Crippen molar-refractivity contribution in [1.82, 2.24) is 9.97 Å². The second kappa shape index (κ2) is 18.6. The monoisotopic (exact) mass is 560 g/mol. The van der Waals surface area contributed by atoms with Crippen molar-refractivity contribution < 1.29 is 4.74 Å². The lowest BCUT2D eigenvalue weighted by atomic mass is 9.78. The van der Waals surface area contributed by atoms with Gasteiger partial charge in [-0.2, -0.15) is 0 Å². The zero-order valence-electron chi connectivity index (χ0n) is 26.6. The van der Waals surface area contributed by atoms with E-state index in [2.05, 4.69) is 50.5 Å². The van der Waals surface area contributed by atoms with Crippen LogP contribution in [-0.4, -0.2) is 16.6 Å². The topological polar surface area (TPSA) is 35.0 Å². The average Bonchev–Trinajstić information content (AvgIpc) is 3.02. The number of hydrogen-bond acceptors (Lipinski definition) is 3. The van der Waals surface area contributed by atoms with Crippen LogP contribution in [0.2, 0.25) is 0 Å². The summed E-state index contributed by atoms with van der Waals surface area (Å²) < 4.78 is 6.18. The van der Waals surface area contributed by atoms with E-state index in [1.54, 1.807) is 0 Å². The Morgan fingerprint density at radius 1 is 0.585 bits per heavy atom. The summed E-state index contributed by atoms with van der Waals surface area (Å²) >= 11 is 0. The van der Waals surface area contributed by atoms with Crippen LogP contribution >= 0.6 is 0 Å². The third-order valence-electron chi connectivity index (χ3n) is 10.3. The van der Waals surface area contributed by atoms with E-state index in [0.29, 0.717) is 5.92 Å². The highest BCUT2D eigenvalue weighted by Gasteiger charge is 2.22. The van der Waals surface area contributed by atoms with E-state index in [9.17, 15) is 0 Å². The maximum absolute atomic E-state index is 6.18. The van der Waals surface area contributed by atoms with E-state index >= 15 is 0 Å². The third-order valence-corrected chi connectivity index (χ3v) is 10.3. The molecule has 0 amide bonds. The predicted molar refractivity (Wildman–Crippen MR) is 174 cm³/mol. The van der Waals surface area contributed by atoms with Crippen LogP contribution in [0, 0.1) is 23.7 Å². The Morgan fingerprint density at radius 2 is 1.07 bits per heavy atom. The summed E-state index contributed by atoms with van der Waals surface area (Å²) in [6.07, 6.45) is 33.3. The van der Waals surface area contributed by atoms with Gasteiger partial charge in [-0.3, -0.25) is 0 Å². The number of rotatable bonds is 18. The normalized spacial score (nSPS) is 23.0. The van der Waals surface area contributed by atoms with Crippen LogP contribution in [0.1, 0.15) is 148 Å². The minimum absolute atomic E-state index is 0.716. The highest BCUT2D eigenvalue weighted by molar-refractivity contribution is 5.55. The molecule has 1 heterocycles. The van der Waals surface area contributed by atoms with Crippen molar-refractivity contribution >= 4 is 0 Å². The lowest BCUT2D eigenvalue weighted by Gasteiger charge is -2.28. The van der Waals surface area contributed by atoms with E-state index < -0.39 is 0 Å². The summed E-state index contributed by atoms with van der Waals surface area (Å²) in [7, 11) is 0. The lowest BCUT2D eigenvalue weighted by Crippen LogP contribution is -2.20. The molecule has 2 aliphatic rings. The molecule has 0 atom stereocenters. The van der Waals surface area contributed by atoms with Gasteiger partial charge in [0, 0.05) is 18.0 Å². The van der Waals surface area contributed by atoms with Gasteiger partial charge in [0.15, 0.2) is 5.82 Å². The number of ether oxygens (including phenoxy) is 1. The van der Waals surface area contributed by atoms with E-state index in [1.807, 2.05) is 0 Å². The number of benzene rings is 1. The number of unbranched alkanes of at least 4 members (excludes halogenated alkanes) is 7. The quantitative estimate of drug-likeness (QED) is 0.170. The Hall–Kier alpha value is -1.90. The first-order valence-corrected chi connectivity index (χ1v) is 17.8. The van der Waals surface area contributed by atoms with Gasteiger partial charge in [0.1, 0.15) is 5.75 Å². The van der Waals surface area contributed by atoms with Crippen molar-refractivity contribution in [1.29, 1.82) is 0 Å². The zero-order chi connectivity index (χ0) is 28.5. The first-order chi connectivity index (χ1) is 20.2. The number of nitrogens with zero attached hydrogens (tertiary/aromatic N) is 2. The van der Waals surface area contributed by atoms with E-state index in [0.717, 1.165) is 47.9 Å². The molecule has 0 aliphatic heterocycles. The highest BCUT2D eigenvalue weighted by atomic mass is 16.5. The second-order valence-electron chi connectivity index (χ2n) is 13.6. The van der Waals surface area contributed by atoms with Gasteiger partial charge in [-0.15, -0.1) is 0 Å². The van der Waals surface area contributed by atoms with Crippen molar-refractivity contribution in [3.05, 3.63) is 42.2 Å². The molecule has 0 bridgehead atoms. The van der Waals surface area contributed by atoms with Gasteiger partial charge in [-0.1, -0.05) is 123 Å². The molecule has 3 heteroatoms. The molecule has 228 valence electrons. The van der Waals surface area contributed by atoms with Crippen molar-refractivity contribution in [3.63, 3.8) is 0 Å². The van der Waals surface area contributed by atoms with Gasteiger partial charge >= 0.3 is 0 Å². The summed E-state index contributed by atoms with van der Waals surface area (Å²) in [6, 6.07) is 8.40. The maximum Gasteiger partial charge on any atom is 0.159 e. The van der Waals surface area contributed by atoms with Crippen LogP contribution in [0.25, 0.3) is 11.4 Å². The maximum atomic E-state index is 6.18. The number of aromatic nitrogens is 2. The Labute approximate surface area is 252 Å². The van der Waals surface area contributed by atoms with Crippen LogP contribution < -0.4 is 4.74 Å². The first-order valence-electron chi connectivity index (χ1n) is 17.8. The predicted octanol–water partition coefficient (Wildman–Crippen LogP) is 11.4. The average molecular weight is 561 g/mol. The smallest absolute Gasteiger partial charge is 0.159 e. The van der Waals surface area contributed by atoms with Crippen molar-refractivity contribution in [2.24, 2.45) is 23.7 Å². The fraction of sp³-hybridized carbons (Fsp3) is 0.737. The Kier molecular flexibility index (Phi) is 14.5. The van der Waals surface area contributed by atoms with Crippen LogP contribution in [-0.2, 0) is 6.42 Å². The van der Waals surface area contributed by atoms with Crippen LogP contribution in [0.3, 0.4) is 0 Å². The minimum atomic E-state index is 0.716. The van der Waals surface area contributed by atoms with Gasteiger partial charge in [-0.25, -0.2) is 9.97 Å². The zero-order valence-corrected chi connectivity index (χ0v) is 26.6. The fourth-order valence-corrected chi connectivity index (χ4v) is 7.31. The fourth-order valence-electron chi connectivity index (χ4n) is 7.31. The molecule has 41 heavy (non-hydrogen) atoms. The molecule has 3 nitrogen and oxygen atoms in total. The summed E-state index contributed by atoms with van der Waals surface area (Å²) in [4.78, 5) is 9.43. The second-order valence-corrected chi connectivity index (χ2v) is 13.6. The molecule has 1 aromatic heterocycles. The van der Waals surface area contributed by atoms with Gasteiger partial charge in [0.2, 0.25) is 0 Å². The van der Waals surface area contributed by atoms with Gasteiger partial charge in [0.05, 0.1) is 6.61 Å². The van der Waals surface area contributed by atoms with E-state index in [1.165, 1.54) is 134 Å². The molecule has 0 unspecified atom stereocenters. The molecule has 4 rings (SSSR count). The standard InChI is InChI=1S/C38H60N2O/c1-3-5-7-8-9-11-13-32-14-16-33(17-15-32)20-23-35-28-39-38(40-29-35)36-24-26-37(27-25-36)41-30-34-21-18-31(19-22-34)12-10-6-4-2/h24-29,31-34H,3-23,30H2,1-2H3/t31-,32-,33-,34-. The van der Waals surface area contributed by atoms with Crippen molar-refractivity contribution in [2.45, 2.75) is 149 Å². The van der Waals surface area contributed by atoms with Gasteiger partial charge < -0.3 is 4.74 Å². The van der Waals surface area contributed by atoms with Crippen LogP contribution in [0.15, 0.2) is 36.7 Å². The summed E-state index contributed by atoms with van der Waals surface area (Å²) in [5.41, 5.74) is 2.35. The molecule has 0 saturated heterocycles. The number of aryl methyl sites for hydroxylation is 1. The molecule has 2 fully saturated rings. The molecule has 0 N–H and O–H groups in total. The summed E-state index contributed by atoms with van der Waals surface area (Å²) in [5.74, 6) is 5.35. The largest absolute Gasteiger partial charge is 0.493 e.